The predicted molar refractivity (Wildman–Crippen MR) is 152 cm³/mol. The van der Waals surface area contributed by atoms with Gasteiger partial charge in [-0.2, -0.15) is 0 Å². The highest BCUT2D eigenvalue weighted by Crippen LogP contribution is 2.23. The van der Waals surface area contributed by atoms with E-state index in [1.807, 2.05) is 89.8 Å². The van der Waals surface area contributed by atoms with Crippen LogP contribution in [0.3, 0.4) is 0 Å². The van der Waals surface area contributed by atoms with Crippen LogP contribution in [0.4, 0.5) is 16.2 Å². The van der Waals surface area contributed by atoms with Crippen molar-refractivity contribution in [2.75, 3.05) is 30.5 Å². The molecule has 3 aromatic carbocycles. The Morgan fingerprint density at radius 2 is 1.68 bits per heavy atom. The van der Waals surface area contributed by atoms with Crippen LogP contribution in [-0.4, -0.2) is 31.8 Å². The number of hydrogen-bond acceptors (Lipinski definition) is 4. The lowest BCUT2D eigenvalue weighted by atomic mass is 10.1. The molecule has 0 radical (unpaired) electrons. The van der Waals surface area contributed by atoms with Gasteiger partial charge in [-0.3, -0.25) is 10.1 Å². The standard InChI is InChI=1S/C30H30BrN3O4/c1-2-15-34-20-24(19-25(31)21-34)29(35)32-26-12-10-22(11-13-26)14-16-37-17-18-38-30(36)33-28-9-5-7-23-6-3-4-8-27(23)28/h3-13,19-21H,2,14-18H2,1H3,(H-,32,33,35,36)/p+1. The lowest BCUT2D eigenvalue weighted by molar-refractivity contribution is -0.697. The van der Waals surface area contributed by atoms with Crippen LogP contribution in [0.1, 0.15) is 29.3 Å². The van der Waals surface area contributed by atoms with Crippen molar-refractivity contribution in [2.45, 2.75) is 26.3 Å². The second-order valence-corrected chi connectivity index (χ2v) is 9.70. The van der Waals surface area contributed by atoms with Gasteiger partial charge < -0.3 is 14.8 Å². The predicted octanol–water partition coefficient (Wildman–Crippen LogP) is 6.36. The number of ether oxygens (including phenoxy) is 2. The Kier molecular flexibility index (Phi) is 9.84. The molecular weight excluding hydrogens is 546 g/mol. The van der Waals surface area contributed by atoms with E-state index in [1.165, 1.54) is 0 Å². The maximum atomic E-state index is 12.7. The normalized spacial score (nSPS) is 10.8. The zero-order chi connectivity index (χ0) is 26.7. The average Bonchev–Trinajstić information content (AvgIpc) is 2.91. The molecule has 0 aliphatic heterocycles. The molecule has 4 aromatic rings. The first kappa shape index (κ1) is 27.3. The topological polar surface area (TPSA) is 80.5 Å². The van der Waals surface area contributed by atoms with Gasteiger partial charge in [-0.05, 0) is 57.6 Å². The molecule has 0 unspecified atom stereocenters. The summed E-state index contributed by atoms with van der Waals surface area (Å²) in [6.07, 6.45) is 5.00. The summed E-state index contributed by atoms with van der Waals surface area (Å²) >= 11 is 3.47. The van der Waals surface area contributed by atoms with Crippen molar-refractivity contribution in [3.8, 4) is 0 Å². The van der Waals surface area contributed by atoms with Crippen molar-refractivity contribution in [1.82, 2.24) is 0 Å². The SMILES string of the molecule is CCC[n+]1cc(Br)cc(C(=O)Nc2ccc(CCOCCOC(=O)Nc3cccc4ccccc34)cc2)c1. The van der Waals surface area contributed by atoms with Crippen molar-refractivity contribution in [3.63, 3.8) is 0 Å². The van der Waals surface area contributed by atoms with Gasteiger partial charge in [0.05, 0.1) is 23.4 Å². The number of anilines is 2. The van der Waals surface area contributed by atoms with Crippen LogP contribution in [0.25, 0.3) is 10.8 Å². The minimum absolute atomic E-state index is 0.156. The third kappa shape index (κ3) is 7.87. The number of fused-ring (bicyclic) bond motifs is 1. The van der Waals surface area contributed by atoms with Crippen LogP contribution in [0.15, 0.2) is 89.7 Å². The molecule has 1 heterocycles. The summed E-state index contributed by atoms with van der Waals surface area (Å²) in [6.45, 7) is 3.91. The number of aryl methyl sites for hydroxylation is 1. The maximum absolute atomic E-state index is 12.7. The minimum atomic E-state index is -0.509. The van der Waals surface area contributed by atoms with E-state index in [0.717, 1.165) is 39.5 Å². The number of amides is 2. The Labute approximate surface area is 230 Å². The van der Waals surface area contributed by atoms with E-state index in [9.17, 15) is 9.59 Å². The highest BCUT2D eigenvalue weighted by molar-refractivity contribution is 9.10. The van der Waals surface area contributed by atoms with Crippen LogP contribution >= 0.6 is 15.9 Å². The number of nitrogens with zero attached hydrogens (tertiary/aromatic N) is 1. The molecule has 2 amide bonds. The Morgan fingerprint density at radius 3 is 2.50 bits per heavy atom. The number of aromatic nitrogens is 1. The molecule has 2 N–H and O–H groups in total. The van der Waals surface area contributed by atoms with Crippen molar-refractivity contribution in [3.05, 3.63) is 101 Å². The first-order valence-electron chi connectivity index (χ1n) is 12.6. The van der Waals surface area contributed by atoms with Gasteiger partial charge in [-0.25, -0.2) is 9.36 Å². The number of benzene rings is 3. The molecule has 0 saturated heterocycles. The number of carbonyl (C=O) groups excluding carboxylic acids is 2. The van der Waals surface area contributed by atoms with Gasteiger partial charge in [-0.1, -0.05) is 55.5 Å². The Balaban J connectivity index is 1.15. The Hall–Kier alpha value is -3.75. The van der Waals surface area contributed by atoms with Gasteiger partial charge >= 0.3 is 6.09 Å². The summed E-state index contributed by atoms with van der Waals surface area (Å²) in [4.78, 5) is 24.8. The highest BCUT2D eigenvalue weighted by atomic mass is 79.9. The quantitative estimate of drug-likeness (QED) is 0.161. The highest BCUT2D eigenvalue weighted by Gasteiger charge is 2.13. The summed E-state index contributed by atoms with van der Waals surface area (Å²) in [7, 11) is 0. The lowest BCUT2D eigenvalue weighted by Gasteiger charge is -2.10. The second-order valence-electron chi connectivity index (χ2n) is 8.78. The van der Waals surface area contributed by atoms with E-state index in [2.05, 4.69) is 33.5 Å². The van der Waals surface area contributed by atoms with Gasteiger partial charge in [0.25, 0.3) is 5.91 Å². The van der Waals surface area contributed by atoms with Crippen LogP contribution in [0.2, 0.25) is 0 Å². The van der Waals surface area contributed by atoms with Gasteiger partial charge in [0.15, 0.2) is 12.4 Å². The van der Waals surface area contributed by atoms with E-state index in [4.69, 9.17) is 9.47 Å². The van der Waals surface area contributed by atoms with E-state index in [1.54, 1.807) is 0 Å². The molecule has 196 valence electrons. The minimum Gasteiger partial charge on any atom is -0.447 e. The third-order valence-electron chi connectivity index (χ3n) is 5.87. The van der Waals surface area contributed by atoms with Gasteiger partial charge in [0.1, 0.15) is 18.7 Å². The first-order chi connectivity index (χ1) is 18.5. The monoisotopic (exact) mass is 576 g/mol. The van der Waals surface area contributed by atoms with Crippen LogP contribution < -0.4 is 15.2 Å². The Morgan fingerprint density at radius 1 is 0.895 bits per heavy atom. The maximum Gasteiger partial charge on any atom is 0.411 e. The van der Waals surface area contributed by atoms with E-state index in [-0.39, 0.29) is 12.5 Å². The van der Waals surface area contributed by atoms with E-state index in [0.29, 0.717) is 30.9 Å². The molecule has 0 fully saturated rings. The fourth-order valence-corrected chi connectivity index (χ4v) is 4.54. The number of rotatable bonds is 11. The number of nitrogens with one attached hydrogen (secondary N) is 2. The number of carbonyl (C=O) groups is 2. The van der Waals surface area contributed by atoms with Gasteiger partial charge in [0.2, 0.25) is 0 Å². The summed E-state index contributed by atoms with van der Waals surface area (Å²) < 4.78 is 13.7. The number of hydrogen-bond donors (Lipinski definition) is 2. The van der Waals surface area contributed by atoms with Crippen molar-refractivity contribution in [2.24, 2.45) is 0 Å². The smallest absolute Gasteiger partial charge is 0.411 e. The summed E-state index contributed by atoms with van der Waals surface area (Å²) in [5.74, 6) is -0.156. The molecule has 0 bridgehead atoms. The summed E-state index contributed by atoms with van der Waals surface area (Å²) in [5.41, 5.74) is 3.12. The Bertz CT molecular complexity index is 1390. The third-order valence-corrected chi connectivity index (χ3v) is 6.30. The average molecular weight is 577 g/mol. The van der Waals surface area contributed by atoms with Crippen molar-refractivity contribution >= 4 is 50.1 Å². The van der Waals surface area contributed by atoms with E-state index >= 15 is 0 Å². The van der Waals surface area contributed by atoms with Gasteiger partial charge in [0, 0.05) is 17.5 Å². The molecule has 1 aromatic heterocycles. The first-order valence-corrected chi connectivity index (χ1v) is 13.4. The van der Waals surface area contributed by atoms with Crippen LogP contribution in [-0.2, 0) is 22.4 Å². The fourth-order valence-electron chi connectivity index (χ4n) is 4.03. The molecule has 38 heavy (non-hydrogen) atoms. The number of halogens is 1. The summed E-state index contributed by atoms with van der Waals surface area (Å²) in [6, 6.07) is 23.1. The molecule has 0 saturated carbocycles. The zero-order valence-corrected chi connectivity index (χ0v) is 22.9. The zero-order valence-electron chi connectivity index (χ0n) is 21.3. The van der Waals surface area contributed by atoms with Crippen molar-refractivity contribution in [1.29, 1.82) is 0 Å². The lowest BCUT2D eigenvalue weighted by Crippen LogP contribution is -2.34. The molecule has 4 rings (SSSR count). The number of pyridine rings is 1. The van der Waals surface area contributed by atoms with Crippen molar-refractivity contribution < 1.29 is 23.6 Å². The van der Waals surface area contributed by atoms with E-state index < -0.39 is 6.09 Å². The molecule has 0 spiro atoms. The molecule has 0 atom stereocenters. The summed E-state index contributed by atoms with van der Waals surface area (Å²) in [5, 5.41) is 7.75. The molecular formula is C30H31BrN3O4+. The van der Waals surface area contributed by atoms with Crippen LogP contribution in [0.5, 0.6) is 0 Å². The molecule has 0 aliphatic carbocycles. The van der Waals surface area contributed by atoms with Crippen LogP contribution in [0, 0.1) is 0 Å². The largest absolute Gasteiger partial charge is 0.447 e. The molecule has 0 aliphatic rings. The molecule has 8 heteroatoms. The second kappa shape index (κ2) is 13.7. The van der Waals surface area contributed by atoms with Gasteiger partial charge in [-0.15, -0.1) is 0 Å². The fraction of sp³-hybridized carbons (Fsp3) is 0.233. The molecule has 7 nitrogen and oxygen atoms in total.